The lowest BCUT2D eigenvalue weighted by molar-refractivity contribution is -0.152. The van der Waals surface area contributed by atoms with Crippen LogP contribution in [0.15, 0.2) is 60.7 Å². The summed E-state index contributed by atoms with van der Waals surface area (Å²) in [5, 5.41) is 0. The van der Waals surface area contributed by atoms with Crippen LogP contribution in [-0.2, 0) is 20.9 Å². The van der Waals surface area contributed by atoms with Crippen molar-refractivity contribution in [1.29, 1.82) is 0 Å². The fraction of sp³-hybridized carbons (Fsp3) is 0.370. The van der Waals surface area contributed by atoms with Gasteiger partial charge in [-0.3, -0.25) is 14.4 Å². The summed E-state index contributed by atoms with van der Waals surface area (Å²) in [5.41, 5.74) is 2.52. The van der Waals surface area contributed by atoms with Gasteiger partial charge < -0.3 is 14.5 Å². The Bertz CT molecular complexity index is 987. The molecule has 4 rings (SSSR count). The van der Waals surface area contributed by atoms with E-state index >= 15 is 0 Å². The highest BCUT2D eigenvalue weighted by molar-refractivity contribution is 5.94. The lowest BCUT2D eigenvalue weighted by atomic mass is 9.97. The average Bonchev–Trinajstić information content (AvgIpc) is 3.41. The zero-order chi connectivity index (χ0) is 23.0. The number of nitrogens with zero attached hydrogens (tertiary/aromatic N) is 2. The SMILES string of the molecule is O=C(OCc1ccc(C(=O)N2CCCC2)cc1)C1CCN(C(=O)/C=C/c2ccccc2)CC1. The van der Waals surface area contributed by atoms with Gasteiger partial charge in [0.25, 0.3) is 5.91 Å². The molecule has 0 radical (unpaired) electrons. The number of esters is 1. The van der Waals surface area contributed by atoms with E-state index in [0.29, 0.717) is 31.5 Å². The van der Waals surface area contributed by atoms with Crippen molar-refractivity contribution in [3.63, 3.8) is 0 Å². The Kier molecular flexibility index (Phi) is 7.55. The molecule has 172 valence electrons. The second kappa shape index (κ2) is 10.9. The van der Waals surface area contributed by atoms with E-state index in [4.69, 9.17) is 4.74 Å². The molecule has 2 aromatic rings. The maximum Gasteiger partial charge on any atom is 0.309 e. The minimum absolute atomic E-state index is 0.0331. The first-order valence-electron chi connectivity index (χ1n) is 11.7. The van der Waals surface area contributed by atoms with Gasteiger partial charge in [0.1, 0.15) is 6.61 Å². The molecule has 33 heavy (non-hydrogen) atoms. The molecule has 0 unspecified atom stereocenters. The van der Waals surface area contributed by atoms with E-state index in [1.807, 2.05) is 53.4 Å². The van der Waals surface area contributed by atoms with Crippen LogP contribution in [0.3, 0.4) is 0 Å². The Balaban J connectivity index is 1.20. The minimum Gasteiger partial charge on any atom is -0.461 e. The highest BCUT2D eigenvalue weighted by Crippen LogP contribution is 2.20. The Morgan fingerprint density at radius 1 is 0.848 bits per heavy atom. The van der Waals surface area contributed by atoms with Crippen LogP contribution >= 0.6 is 0 Å². The smallest absolute Gasteiger partial charge is 0.309 e. The van der Waals surface area contributed by atoms with Gasteiger partial charge in [-0.05, 0) is 55.0 Å². The molecule has 6 nitrogen and oxygen atoms in total. The predicted octanol–water partition coefficient (Wildman–Crippen LogP) is 3.92. The molecule has 0 saturated carbocycles. The van der Waals surface area contributed by atoms with Gasteiger partial charge >= 0.3 is 5.97 Å². The molecule has 0 N–H and O–H groups in total. The number of likely N-dealkylation sites (tertiary alicyclic amines) is 2. The number of carbonyl (C=O) groups excluding carboxylic acids is 3. The van der Waals surface area contributed by atoms with Crippen LogP contribution < -0.4 is 0 Å². The minimum atomic E-state index is -0.223. The van der Waals surface area contributed by atoms with Gasteiger partial charge in [0, 0.05) is 37.8 Å². The van der Waals surface area contributed by atoms with E-state index in [1.165, 1.54) is 0 Å². The van der Waals surface area contributed by atoms with E-state index in [1.54, 1.807) is 23.1 Å². The second-order valence-corrected chi connectivity index (χ2v) is 8.65. The Labute approximate surface area is 194 Å². The summed E-state index contributed by atoms with van der Waals surface area (Å²) in [6.07, 6.45) is 6.74. The number of ether oxygens (including phenoxy) is 1. The Hall–Kier alpha value is -3.41. The molecule has 2 aromatic carbocycles. The van der Waals surface area contributed by atoms with Gasteiger partial charge in [0.05, 0.1) is 5.92 Å². The fourth-order valence-electron chi connectivity index (χ4n) is 4.29. The average molecular weight is 447 g/mol. The molecule has 6 heteroatoms. The van der Waals surface area contributed by atoms with Crippen molar-refractivity contribution >= 4 is 23.9 Å². The maximum absolute atomic E-state index is 12.5. The van der Waals surface area contributed by atoms with E-state index in [0.717, 1.165) is 37.1 Å². The first-order valence-corrected chi connectivity index (χ1v) is 11.7. The number of carbonyl (C=O) groups is 3. The number of amides is 2. The highest BCUT2D eigenvalue weighted by atomic mass is 16.5. The molecular weight excluding hydrogens is 416 g/mol. The van der Waals surface area contributed by atoms with Gasteiger partial charge in [0.2, 0.25) is 5.91 Å². The summed E-state index contributed by atoms with van der Waals surface area (Å²) >= 11 is 0. The zero-order valence-corrected chi connectivity index (χ0v) is 18.8. The van der Waals surface area contributed by atoms with Gasteiger partial charge in [-0.2, -0.15) is 0 Å². The monoisotopic (exact) mass is 446 g/mol. The van der Waals surface area contributed by atoms with Crippen LogP contribution in [0.25, 0.3) is 6.08 Å². The second-order valence-electron chi connectivity index (χ2n) is 8.65. The molecule has 2 saturated heterocycles. The van der Waals surface area contributed by atoms with E-state index < -0.39 is 0 Å². The molecule has 0 bridgehead atoms. The third-order valence-electron chi connectivity index (χ3n) is 6.33. The molecule has 0 spiro atoms. The summed E-state index contributed by atoms with van der Waals surface area (Å²) < 4.78 is 5.52. The van der Waals surface area contributed by atoms with Gasteiger partial charge in [0.15, 0.2) is 0 Å². The number of benzene rings is 2. The molecule has 0 aromatic heterocycles. The molecule has 2 fully saturated rings. The number of hydrogen-bond acceptors (Lipinski definition) is 4. The highest BCUT2D eigenvalue weighted by Gasteiger charge is 2.27. The molecule has 2 amide bonds. The maximum atomic E-state index is 12.5. The van der Waals surface area contributed by atoms with Gasteiger partial charge in [-0.1, -0.05) is 42.5 Å². The Morgan fingerprint density at radius 2 is 1.52 bits per heavy atom. The summed E-state index contributed by atoms with van der Waals surface area (Å²) in [4.78, 5) is 41.0. The van der Waals surface area contributed by atoms with Crippen LogP contribution in [0.1, 0.15) is 47.2 Å². The lowest BCUT2D eigenvalue weighted by Gasteiger charge is -2.30. The Morgan fingerprint density at radius 3 is 2.18 bits per heavy atom. The van der Waals surface area contributed by atoms with Crippen molar-refractivity contribution in [1.82, 2.24) is 9.80 Å². The molecular formula is C27H30N2O4. The normalized spacial score (nSPS) is 16.8. The summed E-state index contributed by atoms with van der Waals surface area (Å²) in [7, 11) is 0. The summed E-state index contributed by atoms with van der Waals surface area (Å²) in [6, 6.07) is 17.0. The number of piperidine rings is 1. The van der Waals surface area contributed by atoms with E-state index in [2.05, 4.69) is 0 Å². The number of hydrogen-bond donors (Lipinski definition) is 0. The van der Waals surface area contributed by atoms with Crippen molar-refractivity contribution < 1.29 is 19.1 Å². The van der Waals surface area contributed by atoms with Crippen LogP contribution in [-0.4, -0.2) is 53.8 Å². The third kappa shape index (κ3) is 6.09. The van der Waals surface area contributed by atoms with Crippen LogP contribution in [0, 0.1) is 5.92 Å². The summed E-state index contributed by atoms with van der Waals surface area (Å²) in [6.45, 7) is 2.93. The number of rotatable bonds is 6. The first kappa shape index (κ1) is 22.8. The first-order chi connectivity index (χ1) is 16.1. The van der Waals surface area contributed by atoms with Crippen LogP contribution in [0.5, 0.6) is 0 Å². The fourth-order valence-corrected chi connectivity index (χ4v) is 4.29. The predicted molar refractivity (Wildman–Crippen MR) is 126 cm³/mol. The van der Waals surface area contributed by atoms with Gasteiger partial charge in [-0.15, -0.1) is 0 Å². The standard InChI is InChI=1S/C27H30N2O4/c30-25(13-10-21-6-2-1-3-7-21)28-18-14-24(15-19-28)27(32)33-20-22-8-11-23(12-9-22)26(31)29-16-4-5-17-29/h1-3,6-13,24H,4-5,14-20H2/b13-10+. The van der Waals surface area contributed by atoms with E-state index in [9.17, 15) is 14.4 Å². The van der Waals surface area contributed by atoms with E-state index in [-0.39, 0.29) is 30.3 Å². The van der Waals surface area contributed by atoms with Crippen LogP contribution in [0.4, 0.5) is 0 Å². The molecule has 2 heterocycles. The topological polar surface area (TPSA) is 66.9 Å². The summed E-state index contributed by atoms with van der Waals surface area (Å²) in [5.74, 6) is -0.382. The van der Waals surface area contributed by atoms with Crippen molar-refractivity contribution in [2.24, 2.45) is 5.92 Å². The zero-order valence-electron chi connectivity index (χ0n) is 18.8. The largest absolute Gasteiger partial charge is 0.461 e. The van der Waals surface area contributed by atoms with Crippen LogP contribution in [0.2, 0.25) is 0 Å². The van der Waals surface area contributed by atoms with Crippen molar-refractivity contribution in [2.75, 3.05) is 26.2 Å². The van der Waals surface area contributed by atoms with Crippen molar-refractivity contribution in [3.8, 4) is 0 Å². The van der Waals surface area contributed by atoms with Gasteiger partial charge in [-0.25, -0.2) is 0 Å². The molecule has 0 aliphatic carbocycles. The quantitative estimate of drug-likeness (QED) is 0.498. The third-order valence-corrected chi connectivity index (χ3v) is 6.33. The molecule has 2 aliphatic rings. The molecule has 0 atom stereocenters. The van der Waals surface area contributed by atoms with Crippen molar-refractivity contribution in [3.05, 3.63) is 77.4 Å². The lowest BCUT2D eigenvalue weighted by Crippen LogP contribution is -2.39. The van der Waals surface area contributed by atoms with Crippen molar-refractivity contribution in [2.45, 2.75) is 32.3 Å². The molecule has 2 aliphatic heterocycles.